The minimum absolute atomic E-state index is 0. The van der Waals surface area contributed by atoms with Gasteiger partial charge in [-0.05, 0) is 0 Å². The third-order valence-corrected chi connectivity index (χ3v) is 0. The lowest BCUT2D eigenvalue weighted by Gasteiger charge is -1.57. The lowest BCUT2D eigenvalue weighted by atomic mass is 16.0. The normalized spacial score (nSPS) is 2.25. The molecule has 0 aliphatic heterocycles. The molecule has 88 valence electrons. The quantitative estimate of drug-likeness (QED) is 0.377. The summed E-state index contributed by atoms with van der Waals surface area (Å²) < 4.78 is 0. The maximum Gasteiger partial charge on any atom is 0.643 e. The molecule has 0 rings (SSSR count). The van der Waals surface area contributed by atoms with Crippen LogP contribution in [0.15, 0.2) is 0 Å². The SMILES string of the molecule is O.O.O.O.O.O.O.O.[Cl][Al]([Cl])[Cl]. The molecule has 0 unspecified atom stereocenters. The van der Waals surface area contributed by atoms with Gasteiger partial charge in [0.15, 0.2) is 0 Å². The van der Waals surface area contributed by atoms with Crippen LogP contribution in [0.5, 0.6) is 0 Å². The van der Waals surface area contributed by atoms with Crippen molar-refractivity contribution in [1.82, 2.24) is 0 Å². The summed E-state index contributed by atoms with van der Waals surface area (Å²) in [6.07, 6.45) is 0. The lowest BCUT2D eigenvalue weighted by molar-refractivity contribution is 0.823. The van der Waals surface area contributed by atoms with Crippen LogP contribution >= 0.6 is 30.1 Å². The first-order chi connectivity index (χ1) is 1.73. The molecule has 0 amide bonds. The molecule has 0 saturated carbocycles. The first-order valence-corrected chi connectivity index (χ1v) is 5.89. The molecule has 0 aliphatic carbocycles. The van der Waals surface area contributed by atoms with Crippen LogP contribution in [0.3, 0.4) is 0 Å². The maximum absolute atomic E-state index is 4.94. The average molecular weight is 277 g/mol. The molecule has 16 N–H and O–H groups in total. The van der Waals surface area contributed by atoms with Gasteiger partial charge < -0.3 is 43.8 Å². The summed E-state index contributed by atoms with van der Waals surface area (Å²) in [6, 6.07) is 0. The van der Waals surface area contributed by atoms with Crippen LogP contribution in [0, 0.1) is 0 Å². The Morgan fingerprint density at radius 2 is 0.417 bits per heavy atom. The largest absolute Gasteiger partial charge is 0.643 e. The van der Waals surface area contributed by atoms with E-state index >= 15 is 0 Å². The molecule has 0 atom stereocenters. The van der Waals surface area contributed by atoms with Crippen molar-refractivity contribution >= 4 is 41.5 Å². The summed E-state index contributed by atoms with van der Waals surface area (Å²) in [5.41, 5.74) is 0. The van der Waals surface area contributed by atoms with Crippen molar-refractivity contribution in [2.24, 2.45) is 0 Å². The monoisotopic (exact) mass is 276 g/mol. The fraction of sp³-hybridized carbons (Fsp3) is 0. The molecule has 0 aromatic rings. The molecule has 0 aromatic carbocycles. The summed E-state index contributed by atoms with van der Waals surface area (Å²) >= 11 is -1.72. The number of rotatable bonds is 0. The molecule has 0 fully saturated rings. The second-order valence-corrected chi connectivity index (χ2v) is 6.68. The van der Waals surface area contributed by atoms with Gasteiger partial charge in [0, 0.05) is 0 Å². The van der Waals surface area contributed by atoms with E-state index in [4.69, 9.17) is 30.1 Å². The van der Waals surface area contributed by atoms with Gasteiger partial charge in [-0.1, -0.05) is 0 Å². The van der Waals surface area contributed by atoms with E-state index in [1.54, 1.807) is 0 Å². The molecule has 0 aliphatic rings. The minimum atomic E-state index is -1.72. The van der Waals surface area contributed by atoms with Crippen LogP contribution in [-0.4, -0.2) is 55.2 Å². The standard InChI is InChI=1S/Al.3ClH.8H2O/h;3*1H;8*1H2/q+3;;;;;;;;;;;/p-3. The van der Waals surface area contributed by atoms with E-state index in [1.807, 2.05) is 0 Å². The molecule has 0 spiro atoms. The zero-order valence-corrected chi connectivity index (χ0v) is 9.13. The van der Waals surface area contributed by atoms with Gasteiger partial charge in [-0.25, -0.2) is 30.1 Å². The van der Waals surface area contributed by atoms with E-state index in [0.717, 1.165) is 0 Å². The molecule has 0 saturated heterocycles. The summed E-state index contributed by atoms with van der Waals surface area (Å²) in [7, 11) is 14.8. The van der Waals surface area contributed by atoms with E-state index in [0.29, 0.717) is 0 Å². The van der Waals surface area contributed by atoms with E-state index < -0.39 is 11.4 Å². The molecule has 12 heavy (non-hydrogen) atoms. The molecule has 12 heteroatoms. The van der Waals surface area contributed by atoms with Crippen molar-refractivity contribution in [3.8, 4) is 0 Å². The van der Waals surface area contributed by atoms with Crippen LogP contribution in [0.2, 0.25) is 0 Å². The van der Waals surface area contributed by atoms with E-state index in [2.05, 4.69) is 0 Å². The second kappa shape index (κ2) is 89.0. The van der Waals surface area contributed by atoms with Crippen LogP contribution < -0.4 is 0 Å². The zero-order chi connectivity index (χ0) is 3.58. The van der Waals surface area contributed by atoms with Gasteiger partial charge >= 0.3 is 11.4 Å². The number of hydrogen-bond donors (Lipinski definition) is 0. The van der Waals surface area contributed by atoms with Gasteiger partial charge in [-0.2, -0.15) is 0 Å². The van der Waals surface area contributed by atoms with Gasteiger partial charge in [0.25, 0.3) is 0 Å². The predicted molar refractivity (Wildman–Crippen MR) is 52.2 cm³/mol. The van der Waals surface area contributed by atoms with E-state index in [1.165, 1.54) is 0 Å². The predicted octanol–water partition coefficient (Wildman–Crippen LogP) is -4.91. The van der Waals surface area contributed by atoms with Crippen LogP contribution in [0.25, 0.3) is 0 Å². The van der Waals surface area contributed by atoms with Crippen molar-refractivity contribution in [1.29, 1.82) is 0 Å². The first kappa shape index (κ1) is 115. The zero-order valence-electron chi connectivity index (χ0n) is 5.71. The highest BCUT2D eigenvalue weighted by Gasteiger charge is 2.00. The third-order valence-electron chi connectivity index (χ3n) is 0. The van der Waals surface area contributed by atoms with Gasteiger partial charge in [-0.15, -0.1) is 0 Å². The molecule has 0 aromatic heterocycles. The van der Waals surface area contributed by atoms with Gasteiger partial charge in [0.05, 0.1) is 0 Å². The highest BCUT2D eigenvalue weighted by molar-refractivity contribution is 7.54. The molecule has 8 nitrogen and oxygen atoms in total. The Kier molecular flexibility index (Phi) is 850. The Morgan fingerprint density at radius 1 is 0.417 bits per heavy atom. The maximum atomic E-state index is 4.94. The summed E-state index contributed by atoms with van der Waals surface area (Å²) in [5, 5.41) is 0. The smallest absolute Gasteiger partial charge is 0.412 e. The summed E-state index contributed by atoms with van der Waals surface area (Å²) in [4.78, 5) is 0. The Morgan fingerprint density at radius 3 is 0.417 bits per heavy atom. The highest BCUT2D eigenvalue weighted by atomic mass is 35.8. The van der Waals surface area contributed by atoms with Crippen molar-refractivity contribution in [3.63, 3.8) is 0 Å². The van der Waals surface area contributed by atoms with Gasteiger partial charge in [-0.3, -0.25) is 0 Å². The fourth-order valence-corrected chi connectivity index (χ4v) is 0. The topological polar surface area (TPSA) is 252 Å². The molecular weight excluding hydrogens is 261 g/mol. The summed E-state index contributed by atoms with van der Waals surface area (Å²) in [6.45, 7) is 0. The first-order valence-electron chi connectivity index (χ1n) is 0.655. The fourth-order valence-electron chi connectivity index (χ4n) is 0. The number of hydrogen-bond acceptors (Lipinski definition) is 0. The number of halogens is 3. The van der Waals surface area contributed by atoms with Gasteiger partial charge in [0.1, 0.15) is 0 Å². The van der Waals surface area contributed by atoms with Crippen molar-refractivity contribution in [3.05, 3.63) is 0 Å². The molecule has 0 heterocycles. The van der Waals surface area contributed by atoms with E-state index in [9.17, 15) is 0 Å². The molecule has 0 bridgehead atoms. The molecule has 0 radical (unpaired) electrons. The summed E-state index contributed by atoms with van der Waals surface area (Å²) in [5.74, 6) is 0. The van der Waals surface area contributed by atoms with Crippen LogP contribution in [0.4, 0.5) is 0 Å². The van der Waals surface area contributed by atoms with Crippen molar-refractivity contribution in [2.75, 3.05) is 0 Å². The van der Waals surface area contributed by atoms with E-state index in [-0.39, 0.29) is 43.8 Å². The van der Waals surface area contributed by atoms with Gasteiger partial charge in [0.2, 0.25) is 0 Å². The Bertz CT molecular complexity index is 19.0. The lowest BCUT2D eigenvalue weighted by Crippen LogP contribution is -1.66. The molecular formula is H16AlCl3O8. The highest BCUT2D eigenvalue weighted by Crippen LogP contribution is 1.97. The second-order valence-electron chi connectivity index (χ2n) is 0.247. The average Bonchev–Trinajstić information content (AvgIpc) is 0.811. The third kappa shape index (κ3) is 961. The Labute approximate surface area is 85.5 Å². The van der Waals surface area contributed by atoms with Crippen molar-refractivity contribution in [2.45, 2.75) is 0 Å². The minimum Gasteiger partial charge on any atom is -0.412 e. The Hall–Kier alpha value is 1.08. The van der Waals surface area contributed by atoms with Crippen molar-refractivity contribution < 1.29 is 43.8 Å². The Balaban J connectivity index is -0.00000000161. The van der Waals surface area contributed by atoms with Crippen LogP contribution in [-0.2, 0) is 0 Å². The van der Waals surface area contributed by atoms with Crippen LogP contribution in [0.1, 0.15) is 0 Å².